The maximum atomic E-state index is 12.9. The fourth-order valence-corrected chi connectivity index (χ4v) is 3.26. The maximum Gasteiger partial charge on any atom is 0.256 e. The van der Waals surface area contributed by atoms with Crippen LogP contribution < -0.4 is 10.6 Å². The van der Waals surface area contributed by atoms with Crippen molar-refractivity contribution in [3.05, 3.63) is 107 Å². The Morgan fingerprint density at radius 3 is 2.37 bits per heavy atom. The van der Waals surface area contributed by atoms with Crippen LogP contribution in [0, 0.1) is 6.92 Å². The Morgan fingerprint density at radius 2 is 1.53 bits per heavy atom. The molecule has 1 aromatic heterocycles. The number of aryl methyl sites for hydroxylation is 1. The van der Waals surface area contributed by atoms with E-state index in [2.05, 4.69) is 15.6 Å². The zero-order chi connectivity index (χ0) is 20.9. The molecule has 0 spiro atoms. The third-order valence-corrected chi connectivity index (χ3v) is 4.89. The minimum Gasteiger partial charge on any atom is -0.348 e. The van der Waals surface area contributed by atoms with E-state index >= 15 is 0 Å². The molecule has 0 atom stereocenters. The number of amides is 2. The molecule has 5 nitrogen and oxygen atoms in total. The van der Waals surface area contributed by atoms with Gasteiger partial charge >= 0.3 is 0 Å². The predicted molar refractivity (Wildman–Crippen MR) is 118 cm³/mol. The van der Waals surface area contributed by atoms with Gasteiger partial charge in [-0.25, -0.2) is 0 Å². The summed E-state index contributed by atoms with van der Waals surface area (Å²) >= 11 is 0. The number of aromatic nitrogens is 1. The normalized spacial score (nSPS) is 10.6. The highest BCUT2D eigenvalue weighted by Gasteiger charge is 2.15. The molecule has 0 aliphatic carbocycles. The van der Waals surface area contributed by atoms with Crippen LogP contribution in [0.15, 0.2) is 85.1 Å². The lowest BCUT2D eigenvalue weighted by Gasteiger charge is -2.12. The number of benzene rings is 3. The van der Waals surface area contributed by atoms with Crippen molar-refractivity contribution in [3.8, 4) is 0 Å². The van der Waals surface area contributed by atoms with Crippen molar-refractivity contribution >= 4 is 28.4 Å². The molecule has 0 saturated heterocycles. The minimum absolute atomic E-state index is 0.244. The molecule has 0 unspecified atom stereocenters. The standard InChI is InChI=1S/C25H21N3O2/c1-17-10-12-18(13-11-17)16-27-24(29)21-7-3-5-9-23(21)28-25(30)20-14-15-26-22-8-4-2-6-19(20)22/h2-15H,16H2,1H3,(H,27,29)(H,28,30). The van der Waals surface area contributed by atoms with E-state index in [-0.39, 0.29) is 11.8 Å². The van der Waals surface area contributed by atoms with Crippen LogP contribution in [-0.2, 0) is 6.54 Å². The molecule has 0 aliphatic heterocycles. The van der Waals surface area contributed by atoms with Crippen LogP contribution in [-0.4, -0.2) is 16.8 Å². The molecular weight excluding hydrogens is 374 g/mol. The Kier molecular flexibility index (Phi) is 5.52. The van der Waals surface area contributed by atoms with Gasteiger partial charge in [0.1, 0.15) is 0 Å². The summed E-state index contributed by atoms with van der Waals surface area (Å²) in [5.41, 5.74) is 4.31. The van der Waals surface area contributed by atoms with Gasteiger partial charge in [-0.05, 0) is 36.8 Å². The lowest BCUT2D eigenvalue weighted by molar-refractivity contribution is 0.0952. The second kappa shape index (κ2) is 8.57. The molecule has 0 aliphatic rings. The van der Waals surface area contributed by atoms with Crippen molar-refractivity contribution in [3.63, 3.8) is 0 Å². The van der Waals surface area contributed by atoms with Crippen molar-refractivity contribution in [1.29, 1.82) is 0 Å². The van der Waals surface area contributed by atoms with E-state index in [9.17, 15) is 9.59 Å². The average molecular weight is 395 g/mol. The highest BCUT2D eigenvalue weighted by atomic mass is 16.2. The number of para-hydroxylation sites is 2. The van der Waals surface area contributed by atoms with Gasteiger partial charge < -0.3 is 10.6 Å². The number of fused-ring (bicyclic) bond motifs is 1. The van der Waals surface area contributed by atoms with Gasteiger partial charge in [-0.2, -0.15) is 0 Å². The largest absolute Gasteiger partial charge is 0.348 e. The molecule has 0 radical (unpaired) electrons. The van der Waals surface area contributed by atoms with E-state index in [0.717, 1.165) is 16.5 Å². The minimum atomic E-state index is -0.285. The van der Waals surface area contributed by atoms with Crippen LogP contribution in [0.25, 0.3) is 10.9 Å². The molecule has 148 valence electrons. The number of pyridine rings is 1. The highest BCUT2D eigenvalue weighted by Crippen LogP contribution is 2.20. The van der Waals surface area contributed by atoms with Crippen LogP contribution in [0.1, 0.15) is 31.8 Å². The number of rotatable bonds is 5. The van der Waals surface area contributed by atoms with Crippen LogP contribution in [0.4, 0.5) is 5.69 Å². The van der Waals surface area contributed by atoms with Crippen molar-refractivity contribution in [1.82, 2.24) is 10.3 Å². The van der Waals surface area contributed by atoms with E-state index in [1.165, 1.54) is 5.56 Å². The number of nitrogens with one attached hydrogen (secondary N) is 2. The van der Waals surface area contributed by atoms with Gasteiger partial charge in [0, 0.05) is 18.1 Å². The summed E-state index contributed by atoms with van der Waals surface area (Å²) in [5.74, 6) is -0.529. The Labute approximate surface area is 174 Å². The Balaban J connectivity index is 1.53. The second-order valence-corrected chi connectivity index (χ2v) is 7.04. The summed E-state index contributed by atoms with van der Waals surface area (Å²) in [6, 6.07) is 24.1. The monoisotopic (exact) mass is 395 g/mol. The lowest BCUT2D eigenvalue weighted by Crippen LogP contribution is -2.25. The maximum absolute atomic E-state index is 12.9. The molecule has 2 amide bonds. The van der Waals surface area contributed by atoms with Crippen LogP contribution in [0.3, 0.4) is 0 Å². The molecule has 0 bridgehead atoms. The SMILES string of the molecule is Cc1ccc(CNC(=O)c2ccccc2NC(=O)c2ccnc3ccccc23)cc1. The first-order valence-electron chi connectivity index (χ1n) is 9.70. The average Bonchev–Trinajstić information content (AvgIpc) is 2.78. The number of carbonyl (C=O) groups is 2. The lowest BCUT2D eigenvalue weighted by atomic mass is 10.1. The number of carbonyl (C=O) groups excluding carboxylic acids is 2. The summed E-state index contributed by atoms with van der Waals surface area (Å²) < 4.78 is 0. The molecular formula is C25H21N3O2. The van der Waals surface area contributed by atoms with Gasteiger partial charge in [0.2, 0.25) is 0 Å². The van der Waals surface area contributed by atoms with E-state index in [4.69, 9.17) is 0 Å². The highest BCUT2D eigenvalue weighted by molar-refractivity contribution is 6.14. The Hall–Kier alpha value is -3.99. The first-order chi connectivity index (χ1) is 14.6. The zero-order valence-electron chi connectivity index (χ0n) is 16.6. The van der Waals surface area contributed by atoms with Gasteiger partial charge in [-0.1, -0.05) is 60.2 Å². The molecule has 3 aromatic carbocycles. The molecule has 1 heterocycles. The smallest absolute Gasteiger partial charge is 0.256 e. The van der Waals surface area contributed by atoms with Crippen molar-refractivity contribution in [2.75, 3.05) is 5.32 Å². The summed E-state index contributed by atoms with van der Waals surface area (Å²) in [6.07, 6.45) is 1.61. The van der Waals surface area contributed by atoms with Crippen LogP contribution in [0.2, 0.25) is 0 Å². The summed E-state index contributed by atoms with van der Waals surface area (Å²) in [5, 5.41) is 6.56. The van der Waals surface area contributed by atoms with E-state index in [1.54, 1.807) is 36.5 Å². The van der Waals surface area contributed by atoms with E-state index in [0.29, 0.717) is 23.4 Å². The molecule has 5 heteroatoms. The van der Waals surface area contributed by atoms with Gasteiger partial charge in [-0.3, -0.25) is 14.6 Å². The van der Waals surface area contributed by atoms with Crippen molar-refractivity contribution < 1.29 is 9.59 Å². The Bertz CT molecular complexity index is 1210. The van der Waals surface area contributed by atoms with Crippen LogP contribution >= 0.6 is 0 Å². The molecule has 2 N–H and O–H groups in total. The number of hydrogen-bond acceptors (Lipinski definition) is 3. The number of hydrogen-bond donors (Lipinski definition) is 2. The quantitative estimate of drug-likeness (QED) is 0.513. The predicted octanol–water partition coefficient (Wildman–Crippen LogP) is 4.73. The summed E-state index contributed by atoms with van der Waals surface area (Å²) in [7, 11) is 0. The molecule has 4 rings (SSSR count). The third kappa shape index (κ3) is 4.20. The van der Waals surface area contributed by atoms with Gasteiger partial charge in [0.25, 0.3) is 11.8 Å². The van der Waals surface area contributed by atoms with Gasteiger partial charge in [-0.15, -0.1) is 0 Å². The molecule has 4 aromatic rings. The first-order valence-corrected chi connectivity index (χ1v) is 9.70. The third-order valence-electron chi connectivity index (χ3n) is 4.89. The summed E-state index contributed by atoms with van der Waals surface area (Å²) in [6.45, 7) is 2.43. The number of nitrogens with zero attached hydrogens (tertiary/aromatic N) is 1. The second-order valence-electron chi connectivity index (χ2n) is 7.04. The van der Waals surface area contributed by atoms with Gasteiger partial charge in [0.15, 0.2) is 0 Å². The molecule has 30 heavy (non-hydrogen) atoms. The topological polar surface area (TPSA) is 71.1 Å². The van der Waals surface area contributed by atoms with Crippen molar-refractivity contribution in [2.24, 2.45) is 0 Å². The van der Waals surface area contributed by atoms with E-state index < -0.39 is 0 Å². The molecule has 0 fully saturated rings. The van der Waals surface area contributed by atoms with E-state index in [1.807, 2.05) is 55.5 Å². The van der Waals surface area contributed by atoms with Crippen LogP contribution in [0.5, 0.6) is 0 Å². The Morgan fingerprint density at radius 1 is 0.800 bits per heavy atom. The fourth-order valence-electron chi connectivity index (χ4n) is 3.26. The van der Waals surface area contributed by atoms with Crippen molar-refractivity contribution in [2.45, 2.75) is 13.5 Å². The first kappa shape index (κ1) is 19.3. The molecule has 0 saturated carbocycles. The summed E-state index contributed by atoms with van der Waals surface area (Å²) in [4.78, 5) is 30.0. The fraction of sp³-hybridized carbons (Fsp3) is 0.0800. The zero-order valence-corrected chi connectivity index (χ0v) is 16.6. The number of anilines is 1. The van der Waals surface area contributed by atoms with Gasteiger partial charge in [0.05, 0.1) is 22.3 Å².